The van der Waals surface area contributed by atoms with E-state index in [1.165, 1.54) is 5.56 Å². The molecule has 0 atom stereocenters. The minimum Gasteiger partial charge on any atom is -0.486 e. The van der Waals surface area contributed by atoms with Gasteiger partial charge in [-0.15, -0.1) is 5.21 Å². The predicted molar refractivity (Wildman–Crippen MR) is 152 cm³/mol. The second-order valence-corrected chi connectivity index (χ2v) is 11.5. The van der Waals surface area contributed by atoms with Crippen molar-refractivity contribution in [3.8, 4) is 11.7 Å². The zero-order valence-corrected chi connectivity index (χ0v) is 23.0. The molecule has 0 bridgehead atoms. The summed E-state index contributed by atoms with van der Waals surface area (Å²) in [4.78, 5) is 28.8. The molecule has 1 amide bonds. The van der Waals surface area contributed by atoms with E-state index in [1.807, 2.05) is 65.2 Å². The average molecular weight is 563 g/mol. The largest absolute Gasteiger partial charge is 0.486 e. The number of carbonyl (C=O) groups is 2. The molecule has 1 saturated carbocycles. The number of hydrogen-bond acceptors (Lipinski definition) is 8. The molecule has 3 aromatic heterocycles. The first-order valence-electron chi connectivity index (χ1n) is 14.2. The van der Waals surface area contributed by atoms with E-state index < -0.39 is 5.60 Å². The summed E-state index contributed by atoms with van der Waals surface area (Å²) in [7, 11) is 1.85. The van der Waals surface area contributed by atoms with Crippen LogP contribution in [0.25, 0.3) is 16.9 Å². The van der Waals surface area contributed by atoms with Gasteiger partial charge in [-0.05, 0) is 72.3 Å². The maximum Gasteiger partial charge on any atom is 0.253 e. The molecular formula is C30H28N9O3-. The topological polar surface area (TPSA) is 134 Å². The molecule has 2 aromatic carbocycles. The molecule has 1 spiro atoms. The van der Waals surface area contributed by atoms with Crippen LogP contribution in [-0.2, 0) is 7.05 Å². The number of likely N-dealkylation sites (tertiary alicyclic amines) is 1. The van der Waals surface area contributed by atoms with Crippen LogP contribution in [0.15, 0.2) is 54.9 Å². The Hall–Kier alpha value is -5.00. The summed E-state index contributed by atoms with van der Waals surface area (Å²) in [5.41, 5.74) is 3.58. The third-order valence-corrected chi connectivity index (χ3v) is 8.77. The number of Topliss-reactive ketones (excluding diaryl/α,β-unsaturated/α-hetero) is 1. The van der Waals surface area contributed by atoms with Crippen molar-refractivity contribution in [1.29, 1.82) is 0 Å². The number of aromatic nitrogens is 7. The van der Waals surface area contributed by atoms with Crippen LogP contribution in [0.4, 0.5) is 11.5 Å². The summed E-state index contributed by atoms with van der Waals surface area (Å²) < 4.78 is 10.1. The van der Waals surface area contributed by atoms with Crippen LogP contribution >= 0.6 is 0 Å². The highest BCUT2D eigenvalue weighted by molar-refractivity contribution is 6.02. The maximum atomic E-state index is 13.7. The van der Waals surface area contributed by atoms with Gasteiger partial charge in [-0.2, -0.15) is 10.3 Å². The predicted octanol–water partition coefficient (Wildman–Crippen LogP) is 3.77. The molecule has 0 unspecified atom stereocenters. The lowest BCUT2D eigenvalue weighted by Crippen LogP contribution is -2.52. The number of nitrogens with one attached hydrogen (secondary N) is 1. The zero-order valence-electron chi connectivity index (χ0n) is 23.0. The van der Waals surface area contributed by atoms with Gasteiger partial charge < -0.3 is 19.5 Å². The van der Waals surface area contributed by atoms with E-state index >= 15 is 0 Å². The summed E-state index contributed by atoms with van der Waals surface area (Å²) in [5, 5.41) is 23.8. The number of benzene rings is 2. The van der Waals surface area contributed by atoms with E-state index in [2.05, 4.69) is 31.0 Å². The number of rotatable bonds is 5. The van der Waals surface area contributed by atoms with Gasteiger partial charge in [-0.1, -0.05) is 0 Å². The first-order chi connectivity index (χ1) is 20.5. The molecule has 212 valence electrons. The van der Waals surface area contributed by atoms with Gasteiger partial charge >= 0.3 is 0 Å². The first kappa shape index (κ1) is 24.8. The van der Waals surface area contributed by atoms with Crippen LogP contribution < -0.4 is 15.2 Å². The molecule has 1 saturated heterocycles. The molecule has 5 heterocycles. The quantitative estimate of drug-likeness (QED) is 0.340. The minimum absolute atomic E-state index is 0.0115. The Morgan fingerprint density at radius 2 is 1.98 bits per heavy atom. The van der Waals surface area contributed by atoms with E-state index in [0.29, 0.717) is 61.1 Å². The Balaban J connectivity index is 0.990. The lowest BCUT2D eigenvalue weighted by molar-refractivity contribution is -0.00569. The molecule has 12 nitrogen and oxygen atoms in total. The summed E-state index contributed by atoms with van der Waals surface area (Å²) in [6.07, 6.45) is 7.52. The number of ketones is 1. The SMILES string of the molecule is Cn1nccc1Nc1ccc2c(c1)C(=O)CC1(CCN(C(=O)c3ccc4c(c3)c(C3CC3)cn4-c3nnn[n-]3)CC1)O2. The van der Waals surface area contributed by atoms with Gasteiger partial charge in [0, 0.05) is 55.8 Å². The van der Waals surface area contributed by atoms with Crippen molar-refractivity contribution >= 4 is 34.1 Å². The standard InChI is InChI=1S/C30H28N9O3/c1-37-27(8-11-31-37)32-20-5-7-26-22(15-20)25(40)16-30(42-26)9-12-38(13-10-30)28(41)19-4-6-24-21(14-19)23(18-2-3-18)17-39(24)29-33-35-36-34-29/h4-8,11,14-15,17-18H,2-3,9-10,12-13,16H2,1H3,(H-,31,32,33,34,35,36)/q-1. The number of fused-ring (bicyclic) bond motifs is 2. The lowest BCUT2D eigenvalue weighted by Gasteiger charge is -2.44. The molecule has 2 fully saturated rings. The van der Waals surface area contributed by atoms with Crippen LogP contribution in [0.2, 0.25) is 0 Å². The van der Waals surface area contributed by atoms with Crippen molar-refractivity contribution in [2.75, 3.05) is 18.4 Å². The second-order valence-electron chi connectivity index (χ2n) is 11.5. The highest BCUT2D eigenvalue weighted by Gasteiger charge is 2.44. The summed E-state index contributed by atoms with van der Waals surface area (Å²) in [6, 6.07) is 13.3. The Bertz CT molecular complexity index is 1840. The Morgan fingerprint density at radius 1 is 1.12 bits per heavy atom. The van der Waals surface area contributed by atoms with Gasteiger partial charge in [0.25, 0.3) is 5.91 Å². The molecule has 2 aliphatic heterocycles. The molecule has 5 aromatic rings. The average Bonchev–Trinajstić information content (AvgIpc) is 3.35. The monoisotopic (exact) mass is 562 g/mol. The van der Waals surface area contributed by atoms with Gasteiger partial charge in [0.2, 0.25) is 0 Å². The summed E-state index contributed by atoms with van der Waals surface area (Å²) in [6.45, 7) is 1.05. The van der Waals surface area contributed by atoms with Crippen LogP contribution in [0.3, 0.4) is 0 Å². The van der Waals surface area contributed by atoms with Gasteiger partial charge in [0.15, 0.2) is 5.78 Å². The van der Waals surface area contributed by atoms with Gasteiger partial charge in [-0.25, -0.2) is 5.10 Å². The molecule has 3 aliphatic rings. The third-order valence-electron chi connectivity index (χ3n) is 8.77. The summed E-state index contributed by atoms with van der Waals surface area (Å²) >= 11 is 0. The molecule has 12 heteroatoms. The van der Waals surface area contributed by atoms with Gasteiger partial charge in [0.1, 0.15) is 23.1 Å². The van der Waals surface area contributed by atoms with Crippen molar-refractivity contribution in [1.82, 2.24) is 39.9 Å². The normalized spacial score (nSPS) is 17.8. The van der Waals surface area contributed by atoms with Crippen molar-refractivity contribution in [2.45, 2.75) is 43.6 Å². The Morgan fingerprint density at radius 3 is 2.71 bits per heavy atom. The highest BCUT2D eigenvalue weighted by atomic mass is 16.5. The van der Waals surface area contributed by atoms with E-state index in [4.69, 9.17) is 4.74 Å². The number of hydrogen-bond donors (Lipinski definition) is 1. The van der Waals surface area contributed by atoms with Crippen LogP contribution in [0.5, 0.6) is 5.75 Å². The molecule has 1 aliphatic carbocycles. The second kappa shape index (κ2) is 9.26. The van der Waals surface area contributed by atoms with Crippen LogP contribution in [-0.4, -0.2) is 65.2 Å². The number of carbonyl (C=O) groups excluding carboxylic acids is 2. The summed E-state index contributed by atoms with van der Waals surface area (Å²) in [5.74, 6) is 2.39. The number of nitrogens with zero attached hydrogens (tertiary/aromatic N) is 8. The Labute approximate surface area is 240 Å². The van der Waals surface area contributed by atoms with Gasteiger partial charge in [-0.3, -0.25) is 19.4 Å². The maximum absolute atomic E-state index is 13.7. The molecule has 42 heavy (non-hydrogen) atoms. The fourth-order valence-corrected chi connectivity index (χ4v) is 6.31. The number of tetrazole rings is 1. The van der Waals surface area contributed by atoms with Crippen molar-refractivity contribution in [3.05, 3.63) is 71.5 Å². The fraction of sp³-hybridized carbons (Fsp3) is 0.333. The molecule has 0 radical (unpaired) electrons. The molecular weight excluding hydrogens is 534 g/mol. The number of ether oxygens (including phenoxy) is 1. The number of aryl methyl sites for hydroxylation is 1. The van der Waals surface area contributed by atoms with Crippen molar-refractivity contribution in [2.24, 2.45) is 7.05 Å². The van der Waals surface area contributed by atoms with E-state index in [9.17, 15) is 9.59 Å². The highest BCUT2D eigenvalue weighted by Crippen LogP contribution is 2.45. The Kier molecular flexibility index (Phi) is 5.46. The minimum atomic E-state index is -0.597. The number of piperidine rings is 1. The smallest absolute Gasteiger partial charge is 0.253 e. The van der Waals surface area contributed by atoms with Crippen LogP contribution in [0, 0.1) is 0 Å². The van der Waals surface area contributed by atoms with Crippen LogP contribution in [0.1, 0.15) is 64.3 Å². The first-order valence-corrected chi connectivity index (χ1v) is 14.2. The lowest BCUT2D eigenvalue weighted by atomic mass is 9.82. The van der Waals surface area contributed by atoms with Crippen molar-refractivity contribution < 1.29 is 14.3 Å². The number of anilines is 2. The van der Waals surface area contributed by atoms with Gasteiger partial charge in [0.05, 0.1) is 18.2 Å². The zero-order chi connectivity index (χ0) is 28.4. The van der Waals surface area contributed by atoms with E-state index in [-0.39, 0.29) is 11.7 Å². The molecule has 8 rings (SSSR count). The molecule has 1 N–H and O–H groups in total. The number of amides is 1. The van der Waals surface area contributed by atoms with E-state index in [1.54, 1.807) is 10.9 Å². The fourth-order valence-electron chi connectivity index (χ4n) is 6.31. The van der Waals surface area contributed by atoms with Crippen molar-refractivity contribution in [3.63, 3.8) is 0 Å². The third kappa shape index (κ3) is 4.13. The van der Waals surface area contributed by atoms with E-state index in [0.717, 1.165) is 35.2 Å².